The molecule has 0 spiro atoms. The van der Waals surface area contributed by atoms with Crippen LogP contribution in [0.3, 0.4) is 0 Å². The van der Waals surface area contributed by atoms with Gasteiger partial charge in [-0.3, -0.25) is 0 Å². The molecule has 0 aliphatic rings. The van der Waals surface area contributed by atoms with Crippen molar-refractivity contribution in [2.75, 3.05) is 35.2 Å². The molecule has 5 nitrogen and oxygen atoms in total. The Hall–Kier alpha value is -3.15. The van der Waals surface area contributed by atoms with Crippen LogP contribution in [0.15, 0.2) is 54.7 Å². The Balaban J connectivity index is 1.63. The first kappa shape index (κ1) is 20.6. The SMILES string of the molecule is CCN(CC)c1ccc(Nc2ccnc(NCCc3ccccc3F)n2)c(C)c1. The maximum absolute atomic E-state index is 13.7. The summed E-state index contributed by atoms with van der Waals surface area (Å²) >= 11 is 0. The third-order valence-electron chi connectivity index (χ3n) is 4.89. The summed E-state index contributed by atoms with van der Waals surface area (Å²) in [6, 6.07) is 15.0. The zero-order valence-electron chi connectivity index (χ0n) is 17.2. The lowest BCUT2D eigenvalue weighted by atomic mass is 10.1. The first-order chi connectivity index (χ1) is 14.1. The lowest BCUT2D eigenvalue weighted by Gasteiger charge is -2.22. The molecule has 0 saturated heterocycles. The van der Waals surface area contributed by atoms with Crippen LogP contribution in [0.5, 0.6) is 0 Å². The molecule has 0 atom stereocenters. The normalized spacial score (nSPS) is 10.6. The zero-order chi connectivity index (χ0) is 20.6. The molecule has 0 saturated carbocycles. The lowest BCUT2D eigenvalue weighted by Crippen LogP contribution is -2.21. The topological polar surface area (TPSA) is 53.1 Å². The van der Waals surface area contributed by atoms with Gasteiger partial charge in [-0.2, -0.15) is 4.98 Å². The largest absolute Gasteiger partial charge is 0.372 e. The molecule has 0 bridgehead atoms. The van der Waals surface area contributed by atoms with Crippen molar-refractivity contribution in [1.82, 2.24) is 9.97 Å². The van der Waals surface area contributed by atoms with Crippen LogP contribution in [0.2, 0.25) is 0 Å². The van der Waals surface area contributed by atoms with Gasteiger partial charge < -0.3 is 15.5 Å². The van der Waals surface area contributed by atoms with Gasteiger partial charge in [-0.15, -0.1) is 0 Å². The minimum absolute atomic E-state index is 0.186. The van der Waals surface area contributed by atoms with E-state index < -0.39 is 0 Å². The fourth-order valence-corrected chi connectivity index (χ4v) is 3.24. The first-order valence-corrected chi connectivity index (χ1v) is 10.0. The summed E-state index contributed by atoms with van der Waals surface area (Å²) in [6.45, 7) is 8.93. The standard InChI is InChI=1S/C23H28FN5/c1-4-29(5-2)19-10-11-21(17(3)16-19)27-22-13-15-26-23(28-22)25-14-12-18-8-6-7-9-20(18)24/h6-11,13,15-16H,4-5,12,14H2,1-3H3,(H2,25,26,27,28). The summed E-state index contributed by atoms with van der Waals surface area (Å²) in [4.78, 5) is 11.1. The number of anilines is 4. The minimum Gasteiger partial charge on any atom is -0.372 e. The fourth-order valence-electron chi connectivity index (χ4n) is 3.24. The Labute approximate surface area is 172 Å². The van der Waals surface area contributed by atoms with Crippen LogP contribution in [0.1, 0.15) is 25.0 Å². The van der Waals surface area contributed by atoms with E-state index >= 15 is 0 Å². The van der Waals surface area contributed by atoms with Crippen molar-refractivity contribution >= 4 is 23.1 Å². The van der Waals surface area contributed by atoms with Crippen molar-refractivity contribution in [1.29, 1.82) is 0 Å². The third kappa shape index (κ3) is 5.44. The van der Waals surface area contributed by atoms with Crippen molar-refractivity contribution in [3.8, 4) is 0 Å². The maximum Gasteiger partial charge on any atom is 0.224 e. The second-order valence-corrected chi connectivity index (χ2v) is 6.83. The molecule has 0 aliphatic heterocycles. The van der Waals surface area contributed by atoms with Crippen LogP contribution in [-0.4, -0.2) is 29.6 Å². The summed E-state index contributed by atoms with van der Waals surface area (Å²) in [5.41, 5.74) is 4.06. The van der Waals surface area contributed by atoms with Crippen molar-refractivity contribution < 1.29 is 4.39 Å². The molecular weight excluding hydrogens is 365 g/mol. The van der Waals surface area contributed by atoms with Crippen LogP contribution in [0.4, 0.5) is 27.5 Å². The average Bonchev–Trinajstić information content (AvgIpc) is 2.73. The highest BCUT2D eigenvalue weighted by Gasteiger charge is 2.07. The summed E-state index contributed by atoms with van der Waals surface area (Å²) in [7, 11) is 0. The fraction of sp³-hybridized carbons (Fsp3) is 0.304. The summed E-state index contributed by atoms with van der Waals surface area (Å²) in [6.07, 6.45) is 2.28. The quantitative estimate of drug-likeness (QED) is 0.525. The molecular formula is C23H28FN5. The molecule has 3 aromatic rings. The number of aromatic nitrogens is 2. The molecule has 29 heavy (non-hydrogen) atoms. The second-order valence-electron chi connectivity index (χ2n) is 6.83. The Morgan fingerprint density at radius 2 is 1.83 bits per heavy atom. The van der Waals surface area contributed by atoms with Crippen LogP contribution in [0, 0.1) is 12.7 Å². The molecule has 0 amide bonds. The van der Waals surface area contributed by atoms with Gasteiger partial charge in [-0.05, 0) is 68.7 Å². The molecule has 2 aromatic carbocycles. The van der Waals surface area contributed by atoms with E-state index in [4.69, 9.17) is 0 Å². The minimum atomic E-state index is -0.186. The molecule has 3 rings (SSSR count). The molecule has 0 fully saturated rings. The van der Waals surface area contributed by atoms with Gasteiger partial charge in [0.05, 0.1) is 0 Å². The summed E-state index contributed by atoms with van der Waals surface area (Å²) < 4.78 is 13.7. The number of halogens is 1. The van der Waals surface area contributed by atoms with E-state index in [0.29, 0.717) is 30.3 Å². The Bertz CT molecular complexity index is 940. The number of hydrogen-bond acceptors (Lipinski definition) is 5. The summed E-state index contributed by atoms with van der Waals surface area (Å²) in [5, 5.41) is 6.53. The van der Waals surface area contributed by atoms with Gasteiger partial charge in [0.2, 0.25) is 5.95 Å². The van der Waals surface area contributed by atoms with Gasteiger partial charge in [0, 0.05) is 37.2 Å². The smallest absolute Gasteiger partial charge is 0.224 e. The van der Waals surface area contributed by atoms with Crippen molar-refractivity contribution in [3.63, 3.8) is 0 Å². The number of rotatable bonds is 9. The Morgan fingerprint density at radius 1 is 1.03 bits per heavy atom. The van der Waals surface area contributed by atoms with Crippen LogP contribution >= 0.6 is 0 Å². The van der Waals surface area contributed by atoms with E-state index in [1.54, 1.807) is 18.3 Å². The molecule has 0 aliphatic carbocycles. The molecule has 1 heterocycles. The summed E-state index contributed by atoms with van der Waals surface area (Å²) in [5.74, 6) is 1.05. The predicted molar refractivity (Wildman–Crippen MR) is 119 cm³/mol. The van der Waals surface area contributed by atoms with Gasteiger partial charge in [0.1, 0.15) is 11.6 Å². The van der Waals surface area contributed by atoms with Crippen molar-refractivity contribution in [2.24, 2.45) is 0 Å². The second kappa shape index (κ2) is 9.87. The number of aryl methyl sites for hydroxylation is 1. The van der Waals surface area contributed by atoms with Gasteiger partial charge in [0.25, 0.3) is 0 Å². The monoisotopic (exact) mass is 393 g/mol. The molecule has 0 radical (unpaired) electrons. The van der Waals surface area contributed by atoms with E-state index in [0.717, 1.165) is 24.3 Å². The van der Waals surface area contributed by atoms with E-state index in [1.165, 1.54) is 11.8 Å². The number of hydrogen-bond donors (Lipinski definition) is 2. The molecule has 1 aromatic heterocycles. The number of benzene rings is 2. The van der Waals surface area contributed by atoms with Crippen LogP contribution in [0.25, 0.3) is 0 Å². The highest BCUT2D eigenvalue weighted by molar-refractivity contribution is 5.65. The first-order valence-electron chi connectivity index (χ1n) is 10.0. The van der Waals surface area contributed by atoms with Gasteiger partial charge >= 0.3 is 0 Å². The van der Waals surface area contributed by atoms with E-state index in [1.807, 2.05) is 12.1 Å². The number of nitrogens with zero attached hydrogens (tertiary/aromatic N) is 3. The lowest BCUT2D eigenvalue weighted by molar-refractivity contribution is 0.610. The van der Waals surface area contributed by atoms with Crippen LogP contribution < -0.4 is 15.5 Å². The average molecular weight is 394 g/mol. The van der Waals surface area contributed by atoms with E-state index in [2.05, 4.69) is 64.5 Å². The van der Waals surface area contributed by atoms with Gasteiger partial charge in [0.15, 0.2) is 0 Å². The Morgan fingerprint density at radius 3 is 2.55 bits per heavy atom. The Kier molecular flexibility index (Phi) is 7.00. The number of nitrogens with one attached hydrogen (secondary N) is 2. The van der Waals surface area contributed by atoms with Gasteiger partial charge in [-0.1, -0.05) is 18.2 Å². The highest BCUT2D eigenvalue weighted by atomic mass is 19.1. The molecule has 2 N–H and O–H groups in total. The highest BCUT2D eigenvalue weighted by Crippen LogP contribution is 2.25. The van der Waals surface area contributed by atoms with E-state index in [9.17, 15) is 4.39 Å². The zero-order valence-corrected chi connectivity index (χ0v) is 17.2. The molecule has 6 heteroatoms. The third-order valence-corrected chi connectivity index (χ3v) is 4.89. The molecule has 0 unspecified atom stereocenters. The predicted octanol–water partition coefficient (Wildman–Crippen LogP) is 5.17. The maximum atomic E-state index is 13.7. The van der Waals surface area contributed by atoms with Crippen LogP contribution in [-0.2, 0) is 6.42 Å². The van der Waals surface area contributed by atoms with E-state index in [-0.39, 0.29) is 5.82 Å². The molecule has 152 valence electrons. The van der Waals surface area contributed by atoms with Crippen molar-refractivity contribution in [2.45, 2.75) is 27.2 Å². The van der Waals surface area contributed by atoms with Crippen molar-refractivity contribution in [3.05, 3.63) is 71.7 Å². The van der Waals surface area contributed by atoms with Gasteiger partial charge in [-0.25, -0.2) is 9.37 Å².